The summed E-state index contributed by atoms with van der Waals surface area (Å²) in [5.41, 5.74) is 2.45. The van der Waals surface area contributed by atoms with Gasteiger partial charge in [-0.25, -0.2) is 0 Å². The third-order valence-electron chi connectivity index (χ3n) is 6.62. The molecule has 0 spiro atoms. The van der Waals surface area contributed by atoms with Crippen LogP contribution in [0.15, 0.2) is 0 Å². The van der Waals surface area contributed by atoms with Crippen molar-refractivity contribution in [1.29, 1.82) is 0 Å². The first-order valence-electron chi connectivity index (χ1n) is 12.0. The maximum atomic E-state index is 6.02. The van der Waals surface area contributed by atoms with E-state index in [0.717, 1.165) is 48.7 Å². The van der Waals surface area contributed by atoms with Crippen LogP contribution in [-0.2, 0) is 8.85 Å². The first-order chi connectivity index (χ1) is 13.3. The lowest BCUT2D eigenvalue weighted by molar-refractivity contribution is 0.171. The highest BCUT2D eigenvalue weighted by atomic mass is 28.3. The Morgan fingerprint density at radius 1 is 0.786 bits per heavy atom. The van der Waals surface area contributed by atoms with Gasteiger partial charge in [-0.3, -0.25) is 0 Å². The Kier molecular flexibility index (Phi) is 12.7. The number of hydrogen-bond acceptors (Lipinski definition) is 4. The van der Waals surface area contributed by atoms with Gasteiger partial charge >= 0.3 is 9.28 Å². The Balaban J connectivity index is 2.50. The zero-order valence-electron chi connectivity index (χ0n) is 20.3. The van der Waals surface area contributed by atoms with Crippen LogP contribution in [-0.4, -0.2) is 72.9 Å². The Morgan fingerprint density at radius 3 is 1.64 bits per heavy atom. The van der Waals surface area contributed by atoms with Crippen LogP contribution in [0.1, 0.15) is 74.7 Å². The van der Waals surface area contributed by atoms with Crippen molar-refractivity contribution in [2.24, 2.45) is 0 Å². The molecule has 0 aromatic rings. The van der Waals surface area contributed by atoms with Gasteiger partial charge in [-0.05, 0) is 48.5 Å². The van der Waals surface area contributed by atoms with E-state index >= 15 is 0 Å². The van der Waals surface area contributed by atoms with Crippen LogP contribution in [0.25, 0.3) is 0 Å². The first-order valence-corrected chi connectivity index (χ1v) is 15.9. The monoisotopic (exact) mass is 430 g/mol. The minimum atomic E-state index is -1.46. The molecule has 1 aliphatic heterocycles. The smallest absolute Gasteiger partial charge is 0.321 e. The molecule has 0 aromatic heterocycles. The molecule has 0 radical (unpaired) electrons. The van der Waals surface area contributed by atoms with Crippen LogP contribution in [0, 0.1) is 0 Å². The summed E-state index contributed by atoms with van der Waals surface area (Å²) in [4.78, 5) is 2.68. The molecule has 0 unspecified atom stereocenters. The summed E-state index contributed by atoms with van der Waals surface area (Å²) in [5.74, 6) is 0. The standard InChI is InChI=1S/C22H50N2O2Si2/c1-9-17-25-27(26-18-10-2)19-11-12-23-13-15-24(16-14-23)28(20(3)4,21(5)6)22(7)8/h20-22,27H,9-19H2,1-8H3. The van der Waals surface area contributed by atoms with Gasteiger partial charge in [-0.15, -0.1) is 0 Å². The summed E-state index contributed by atoms with van der Waals surface area (Å²) in [6.07, 6.45) is 3.41. The van der Waals surface area contributed by atoms with Crippen molar-refractivity contribution in [1.82, 2.24) is 9.47 Å². The molecule has 28 heavy (non-hydrogen) atoms. The summed E-state index contributed by atoms with van der Waals surface area (Å²) in [6, 6.07) is 1.16. The van der Waals surface area contributed by atoms with E-state index in [1.807, 2.05) is 0 Å². The molecule has 0 amide bonds. The van der Waals surface area contributed by atoms with Gasteiger partial charge < -0.3 is 18.3 Å². The largest absolute Gasteiger partial charge is 0.397 e. The lowest BCUT2D eigenvalue weighted by Gasteiger charge is -2.53. The van der Waals surface area contributed by atoms with Crippen molar-refractivity contribution in [2.45, 2.75) is 97.3 Å². The maximum Gasteiger partial charge on any atom is 0.321 e. The summed E-state index contributed by atoms with van der Waals surface area (Å²) >= 11 is 0. The number of nitrogens with zero attached hydrogens (tertiary/aromatic N) is 2. The predicted molar refractivity (Wildman–Crippen MR) is 128 cm³/mol. The summed E-state index contributed by atoms with van der Waals surface area (Å²) in [6.45, 7) is 27.2. The zero-order chi connectivity index (χ0) is 21.2. The van der Waals surface area contributed by atoms with Crippen LogP contribution in [0.5, 0.6) is 0 Å². The molecule has 6 heteroatoms. The van der Waals surface area contributed by atoms with Crippen LogP contribution >= 0.6 is 0 Å². The molecule has 0 aromatic carbocycles. The van der Waals surface area contributed by atoms with Gasteiger partial charge in [0.05, 0.1) is 0 Å². The second kappa shape index (κ2) is 13.6. The Morgan fingerprint density at radius 2 is 1.25 bits per heavy atom. The van der Waals surface area contributed by atoms with E-state index in [-0.39, 0.29) is 0 Å². The fourth-order valence-electron chi connectivity index (χ4n) is 5.65. The topological polar surface area (TPSA) is 24.9 Å². The average molecular weight is 431 g/mol. The minimum Gasteiger partial charge on any atom is -0.397 e. The average Bonchev–Trinajstić information content (AvgIpc) is 2.64. The highest BCUT2D eigenvalue weighted by Gasteiger charge is 2.48. The quantitative estimate of drug-likeness (QED) is 0.352. The molecule has 0 aliphatic carbocycles. The molecule has 0 bridgehead atoms. The molecular weight excluding hydrogens is 380 g/mol. The van der Waals surface area contributed by atoms with Crippen molar-refractivity contribution >= 4 is 17.5 Å². The summed E-state index contributed by atoms with van der Waals surface area (Å²) in [7, 11) is -2.91. The molecule has 0 atom stereocenters. The zero-order valence-corrected chi connectivity index (χ0v) is 22.5. The molecule has 1 rings (SSSR count). The molecule has 168 valence electrons. The molecule has 1 saturated heterocycles. The molecule has 1 heterocycles. The minimum absolute atomic E-state index is 0.817. The SMILES string of the molecule is CCCO[SiH](CCCN1CCN([Si](C(C)C)(C(C)C)C(C)C)CC1)OCCC. The van der Waals surface area contributed by atoms with Gasteiger partial charge in [0, 0.05) is 39.4 Å². The van der Waals surface area contributed by atoms with E-state index in [1.165, 1.54) is 39.1 Å². The number of piperazine rings is 1. The van der Waals surface area contributed by atoms with Crippen LogP contribution in [0.4, 0.5) is 0 Å². The number of rotatable bonds is 14. The van der Waals surface area contributed by atoms with Gasteiger partial charge in [0.15, 0.2) is 0 Å². The van der Waals surface area contributed by atoms with Crippen molar-refractivity contribution in [3.05, 3.63) is 0 Å². The normalized spacial score (nSPS) is 17.6. The van der Waals surface area contributed by atoms with Crippen molar-refractivity contribution in [3.63, 3.8) is 0 Å². The van der Waals surface area contributed by atoms with Gasteiger partial charge in [-0.2, -0.15) is 0 Å². The summed E-state index contributed by atoms with van der Waals surface area (Å²) < 4.78 is 15.0. The molecule has 0 N–H and O–H groups in total. The van der Waals surface area contributed by atoms with Gasteiger partial charge in [0.2, 0.25) is 0 Å². The fraction of sp³-hybridized carbons (Fsp3) is 1.00. The Hall–Kier alpha value is 0.274. The van der Waals surface area contributed by atoms with Gasteiger partial charge in [0.1, 0.15) is 8.24 Å². The Labute approximate surface area is 179 Å². The van der Waals surface area contributed by atoms with Crippen molar-refractivity contribution in [2.75, 3.05) is 45.9 Å². The van der Waals surface area contributed by atoms with E-state index in [4.69, 9.17) is 8.85 Å². The lowest BCUT2D eigenvalue weighted by atomic mass is 10.3. The van der Waals surface area contributed by atoms with E-state index in [2.05, 4.69) is 64.9 Å². The van der Waals surface area contributed by atoms with Gasteiger partial charge in [0.25, 0.3) is 0 Å². The van der Waals surface area contributed by atoms with Crippen molar-refractivity contribution < 1.29 is 8.85 Å². The molecular formula is C22H50N2O2Si2. The summed E-state index contributed by atoms with van der Waals surface area (Å²) in [5, 5.41) is 0. The van der Waals surface area contributed by atoms with Crippen LogP contribution in [0.2, 0.25) is 22.7 Å². The predicted octanol–water partition coefficient (Wildman–Crippen LogP) is 5.24. The maximum absolute atomic E-state index is 6.02. The third-order valence-corrected chi connectivity index (χ3v) is 15.8. The fourth-order valence-corrected chi connectivity index (χ4v) is 14.8. The van der Waals surface area contributed by atoms with Crippen LogP contribution < -0.4 is 0 Å². The van der Waals surface area contributed by atoms with E-state index in [9.17, 15) is 0 Å². The molecule has 1 aliphatic rings. The number of hydrogen-bond donors (Lipinski definition) is 0. The third kappa shape index (κ3) is 7.20. The first kappa shape index (κ1) is 26.3. The van der Waals surface area contributed by atoms with Gasteiger partial charge in [-0.1, -0.05) is 55.4 Å². The van der Waals surface area contributed by atoms with Crippen LogP contribution in [0.3, 0.4) is 0 Å². The van der Waals surface area contributed by atoms with E-state index < -0.39 is 17.5 Å². The lowest BCUT2D eigenvalue weighted by Crippen LogP contribution is -2.65. The van der Waals surface area contributed by atoms with Crippen molar-refractivity contribution in [3.8, 4) is 0 Å². The van der Waals surface area contributed by atoms with E-state index in [0.29, 0.717) is 0 Å². The highest BCUT2D eigenvalue weighted by molar-refractivity contribution is 6.81. The molecule has 0 saturated carbocycles. The van der Waals surface area contributed by atoms with E-state index in [1.54, 1.807) is 0 Å². The molecule has 1 fully saturated rings. The highest BCUT2D eigenvalue weighted by Crippen LogP contribution is 2.44. The second-order valence-electron chi connectivity index (χ2n) is 9.49. The Bertz CT molecular complexity index is 370. The molecule has 4 nitrogen and oxygen atoms in total. The second-order valence-corrected chi connectivity index (χ2v) is 17.5.